The summed E-state index contributed by atoms with van der Waals surface area (Å²) in [4.78, 5) is 23.5. The first-order chi connectivity index (χ1) is 18.1. The molecule has 0 saturated carbocycles. The fourth-order valence-electron chi connectivity index (χ4n) is 4.30. The first kappa shape index (κ1) is 28.7. The molecule has 1 fully saturated rings. The predicted molar refractivity (Wildman–Crippen MR) is 142 cm³/mol. The maximum atomic E-state index is 12.8. The van der Waals surface area contributed by atoms with Crippen molar-refractivity contribution in [1.29, 1.82) is 0 Å². The highest BCUT2D eigenvalue weighted by Gasteiger charge is 2.28. The molecule has 2 heterocycles. The van der Waals surface area contributed by atoms with E-state index in [-0.39, 0.29) is 40.7 Å². The number of nitrogens with zero attached hydrogens (tertiary/aromatic N) is 2. The number of rotatable bonds is 6. The third-order valence-corrected chi connectivity index (χ3v) is 6.16. The van der Waals surface area contributed by atoms with Crippen molar-refractivity contribution in [2.75, 3.05) is 32.8 Å². The van der Waals surface area contributed by atoms with Crippen LogP contribution in [0.25, 0.3) is 22.5 Å². The Labute approximate surface area is 221 Å². The Balaban J connectivity index is 0.00000127. The molecule has 0 bridgehead atoms. The number of amides is 1. The Hall–Kier alpha value is -3.89. The van der Waals surface area contributed by atoms with E-state index in [9.17, 15) is 15.0 Å². The summed E-state index contributed by atoms with van der Waals surface area (Å²) in [6.45, 7) is 12.0. The zero-order valence-corrected chi connectivity index (χ0v) is 22.2. The summed E-state index contributed by atoms with van der Waals surface area (Å²) in [6.07, 6.45) is 0. The lowest BCUT2D eigenvalue weighted by molar-refractivity contribution is -0.122. The van der Waals surface area contributed by atoms with Crippen LogP contribution in [0.15, 0.2) is 40.9 Å². The number of carboxylic acid groups (broad SMARTS) is 1. The van der Waals surface area contributed by atoms with Crippen LogP contribution in [0.4, 0.5) is 0 Å². The van der Waals surface area contributed by atoms with Crippen LogP contribution < -0.4 is 5.32 Å². The van der Waals surface area contributed by atoms with Gasteiger partial charge in [0.2, 0.25) is 0 Å². The highest BCUT2D eigenvalue weighted by molar-refractivity contribution is 6.02. The third-order valence-electron chi connectivity index (χ3n) is 6.16. The van der Waals surface area contributed by atoms with Crippen molar-refractivity contribution in [2.45, 2.75) is 39.7 Å². The number of aromatic hydroxyl groups is 2. The molecule has 10 heteroatoms. The lowest BCUT2D eigenvalue weighted by Crippen LogP contribution is -2.35. The van der Waals surface area contributed by atoms with E-state index in [1.165, 1.54) is 6.07 Å². The predicted octanol–water partition coefficient (Wildman–Crippen LogP) is 4.00. The molecular weight excluding hydrogens is 490 g/mol. The van der Waals surface area contributed by atoms with E-state index in [0.717, 1.165) is 44.0 Å². The Bertz CT molecular complexity index is 1240. The van der Waals surface area contributed by atoms with Crippen LogP contribution in [0.1, 0.15) is 49.3 Å². The second-order valence-corrected chi connectivity index (χ2v) is 9.92. The van der Waals surface area contributed by atoms with Crippen molar-refractivity contribution in [1.82, 2.24) is 15.4 Å². The highest BCUT2D eigenvalue weighted by Crippen LogP contribution is 2.44. The highest BCUT2D eigenvalue weighted by atomic mass is 16.5. The number of nitrogens with one attached hydrogen (secondary N) is 1. The molecule has 2 aromatic carbocycles. The second-order valence-electron chi connectivity index (χ2n) is 9.92. The molecule has 0 spiro atoms. The molecular formula is C28H35N3O7. The Morgan fingerprint density at radius 3 is 2.32 bits per heavy atom. The number of hydrogen-bond acceptors (Lipinski definition) is 8. The smallest absolute Gasteiger partial charge is 0.290 e. The van der Waals surface area contributed by atoms with Gasteiger partial charge in [0.05, 0.1) is 24.3 Å². The van der Waals surface area contributed by atoms with E-state index in [4.69, 9.17) is 19.2 Å². The molecule has 38 heavy (non-hydrogen) atoms. The molecule has 0 aliphatic carbocycles. The lowest BCUT2D eigenvalue weighted by atomic mass is 9.84. The SMILES string of the molecule is CCNC(=O)c1noc(-c2cc(C(C)(C)C)c(O)cc2O)c1-c1ccc(CN2CCOCC2)cc1.O=CO. The van der Waals surface area contributed by atoms with E-state index in [0.29, 0.717) is 23.2 Å². The number of phenols is 2. The Morgan fingerprint density at radius 1 is 1.11 bits per heavy atom. The topological polar surface area (TPSA) is 145 Å². The van der Waals surface area contributed by atoms with Gasteiger partial charge in [0.1, 0.15) is 11.5 Å². The molecule has 0 radical (unpaired) electrons. The van der Waals surface area contributed by atoms with Crippen LogP contribution in [0.3, 0.4) is 0 Å². The zero-order chi connectivity index (χ0) is 27.9. The van der Waals surface area contributed by atoms with Gasteiger partial charge in [-0.25, -0.2) is 0 Å². The fraction of sp³-hybridized carbons (Fsp3) is 0.393. The number of carbonyl (C=O) groups excluding carboxylic acids is 1. The molecule has 4 N–H and O–H groups in total. The van der Waals surface area contributed by atoms with Crippen molar-refractivity contribution < 1.29 is 34.2 Å². The van der Waals surface area contributed by atoms with Gasteiger partial charge in [0.15, 0.2) is 11.5 Å². The number of aromatic nitrogens is 1. The van der Waals surface area contributed by atoms with Gasteiger partial charge in [-0.2, -0.15) is 0 Å². The summed E-state index contributed by atoms with van der Waals surface area (Å²) in [7, 11) is 0. The number of hydrogen-bond donors (Lipinski definition) is 4. The van der Waals surface area contributed by atoms with Gasteiger partial charge in [-0.1, -0.05) is 50.2 Å². The minimum atomic E-state index is -0.379. The van der Waals surface area contributed by atoms with E-state index >= 15 is 0 Å². The van der Waals surface area contributed by atoms with Gasteiger partial charge in [-0.3, -0.25) is 14.5 Å². The number of morpholine rings is 1. The van der Waals surface area contributed by atoms with Crippen molar-refractivity contribution in [3.05, 3.63) is 53.2 Å². The average molecular weight is 526 g/mol. The summed E-state index contributed by atoms with van der Waals surface area (Å²) in [5, 5.41) is 34.9. The van der Waals surface area contributed by atoms with E-state index in [1.807, 2.05) is 52.0 Å². The van der Waals surface area contributed by atoms with E-state index < -0.39 is 0 Å². The molecule has 1 amide bonds. The van der Waals surface area contributed by atoms with Gasteiger partial charge in [0.25, 0.3) is 12.4 Å². The summed E-state index contributed by atoms with van der Waals surface area (Å²) < 4.78 is 11.1. The largest absolute Gasteiger partial charge is 0.508 e. The summed E-state index contributed by atoms with van der Waals surface area (Å²) in [6, 6.07) is 10.9. The molecule has 1 saturated heterocycles. The molecule has 0 unspecified atom stereocenters. The molecule has 10 nitrogen and oxygen atoms in total. The minimum Gasteiger partial charge on any atom is -0.508 e. The van der Waals surface area contributed by atoms with Gasteiger partial charge < -0.3 is 29.9 Å². The lowest BCUT2D eigenvalue weighted by Gasteiger charge is -2.26. The minimum absolute atomic E-state index is 0.00349. The standard InChI is InChI=1S/C27H33N3O5.CH2O2/c1-5-28-26(33)24-23(18-8-6-17(7-9-18)16-30-10-12-34-13-11-30)25(35-29-24)19-14-20(27(2,3)4)22(32)15-21(19)31;2-1-3/h6-9,14-15,31-32H,5,10-13,16H2,1-4H3,(H,28,33);1H,(H,2,3). The van der Waals surface area contributed by atoms with E-state index in [1.54, 1.807) is 6.07 Å². The molecule has 1 aliphatic rings. The van der Waals surface area contributed by atoms with Crippen molar-refractivity contribution in [2.24, 2.45) is 0 Å². The quantitative estimate of drug-likeness (QED) is 0.351. The second kappa shape index (κ2) is 12.6. The maximum Gasteiger partial charge on any atom is 0.290 e. The van der Waals surface area contributed by atoms with Gasteiger partial charge >= 0.3 is 0 Å². The van der Waals surface area contributed by atoms with Crippen molar-refractivity contribution in [3.8, 4) is 33.9 Å². The molecule has 3 aromatic rings. The molecule has 4 rings (SSSR count). The summed E-state index contributed by atoms with van der Waals surface area (Å²) in [5.74, 6) is -0.241. The van der Waals surface area contributed by atoms with Crippen LogP contribution in [-0.4, -0.2) is 70.6 Å². The number of carbonyl (C=O) groups is 2. The average Bonchev–Trinajstić information content (AvgIpc) is 3.30. The molecule has 1 aromatic heterocycles. The molecule has 1 aliphatic heterocycles. The first-order valence-electron chi connectivity index (χ1n) is 12.4. The van der Waals surface area contributed by atoms with Gasteiger partial charge in [-0.15, -0.1) is 0 Å². The third kappa shape index (κ3) is 6.70. The zero-order valence-electron chi connectivity index (χ0n) is 22.2. The Kier molecular flexibility index (Phi) is 9.49. The number of ether oxygens (including phenoxy) is 1. The molecule has 0 atom stereocenters. The normalized spacial score (nSPS) is 13.9. The van der Waals surface area contributed by atoms with Crippen LogP contribution >= 0.6 is 0 Å². The van der Waals surface area contributed by atoms with Crippen LogP contribution in [-0.2, 0) is 21.5 Å². The van der Waals surface area contributed by atoms with Crippen molar-refractivity contribution in [3.63, 3.8) is 0 Å². The van der Waals surface area contributed by atoms with Crippen molar-refractivity contribution >= 4 is 12.4 Å². The van der Waals surface area contributed by atoms with Crippen LogP contribution in [0.5, 0.6) is 11.5 Å². The van der Waals surface area contributed by atoms with E-state index in [2.05, 4.69) is 15.4 Å². The van der Waals surface area contributed by atoms with Crippen LogP contribution in [0, 0.1) is 0 Å². The van der Waals surface area contributed by atoms with Gasteiger partial charge in [-0.05, 0) is 29.5 Å². The monoisotopic (exact) mass is 525 g/mol. The number of benzene rings is 2. The molecule has 204 valence electrons. The summed E-state index contributed by atoms with van der Waals surface area (Å²) >= 11 is 0. The number of phenolic OH excluding ortho intramolecular Hbond substituents is 2. The fourth-order valence-corrected chi connectivity index (χ4v) is 4.30. The summed E-state index contributed by atoms with van der Waals surface area (Å²) in [5.41, 5.74) is 3.17. The van der Waals surface area contributed by atoms with Crippen LogP contribution in [0.2, 0.25) is 0 Å². The first-order valence-corrected chi connectivity index (χ1v) is 12.4. The van der Waals surface area contributed by atoms with Gasteiger partial charge in [0, 0.05) is 37.8 Å². The maximum absolute atomic E-state index is 12.8. The Morgan fingerprint density at radius 2 is 1.74 bits per heavy atom.